The van der Waals surface area contributed by atoms with Crippen LogP contribution in [0.4, 0.5) is 4.39 Å². The summed E-state index contributed by atoms with van der Waals surface area (Å²) in [6, 6.07) is 6.13. The highest BCUT2D eigenvalue weighted by Gasteiger charge is 2.22. The van der Waals surface area contributed by atoms with Gasteiger partial charge in [-0.3, -0.25) is 4.79 Å². The van der Waals surface area contributed by atoms with Crippen molar-refractivity contribution in [2.24, 2.45) is 0 Å². The van der Waals surface area contributed by atoms with Crippen LogP contribution in [0.2, 0.25) is 0 Å². The second-order valence-corrected chi connectivity index (χ2v) is 4.17. The molecule has 0 radical (unpaired) electrons. The predicted molar refractivity (Wildman–Crippen MR) is 60.8 cm³/mol. The Balaban J connectivity index is 2.10. The molecule has 17 heavy (non-hydrogen) atoms. The molecule has 86 valence electrons. The van der Waals surface area contributed by atoms with Crippen LogP contribution in [0, 0.1) is 5.82 Å². The predicted octanol–water partition coefficient (Wildman–Crippen LogP) is 2.53. The number of halogens is 1. The molecule has 0 unspecified atom stereocenters. The fraction of sp³-hybridized carbons (Fsp3) is 0.231. The minimum Gasteiger partial charge on any atom is -0.294 e. The van der Waals surface area contributed by atoms with Gasteiger partial charge in [0.15, 0.2) is 5.78 Å². The number of hydrogen-bond acceptors (Lipinski definition) is 2. The molecule has 0 atom stereocenters. The molecule has 1 aliphatic carbocycles. The average Bonchev–Trinajstić information content (AvgIpc) is 2.75. The van der Waals surface area contributed by atoms with E-state index in [-0.39, 0.29) is 11.6 Å². The first-order valence-corrected chi connectivity index (χ1v) is 5.62. The van der Waals surface area contributed by atoms with Crippen molar-refractivity contribution < 1.29 is 9.18 Å². The zero-order chi connectivity index (χ0) is 11.8. The zero-order valence-electron chi connectivity index (χ0n) is 9.19. The summed E-state index contributed by atoms with van der Waals surface area (Å²) >= 11 is 0. The third-order valence-electron chi connectivity index (χ3n) is 3.06. The summed E-state index contributed by atoms with van der Waals surface area (Å²) in [5.74, 6) is -0.120. The first-order valence-electron chi connectivity index (χ1n) is 5.62. The van der Waals surface area contributed by atoms with Crippen LogP contribution < -0.4 is 0 Å². The van der Waals surface area contributed by atoms with Crippen molar-refractivity contribution in [1.82, 2.24) is 9.78 Å². The van der Waals surface area contributed by atoms with Gasteiger partial charge < -0.3 is 0 Å². The molecule has 0 bridgehead atoms. The highest BCUT2D eigenvalue weighted by Crippen LogP contribution is 2.23. The van der Waals surface area contributed by atoms with Crippen molar-refractivity contribution in [3.05, 3.63) is 47.5 Å². The number of aromatic nitrogens is 2. The molecule has 0 saturated heterocycles. The van der Waals surface area contributed by atoms with Gasteiger partial charge in [-0.25, -0.2) is 9.07 Å². The minimum absolute atomic E-state index is 0.152. The van der Waals surface area contributed by atoms with Gasteiger partial charge in [0.2, 0.25) is 0 Å². The van der Waals surface area contributed by atoms with Gasteiger partial charge >= 0.3 is 0 Å². The van der Waals surface area contributed by atoms with Crippen molar-refractivity contribution >= 4 is 5.78 Å². The normalized spacial score (nSPS) is 14.8. The molecule has 0 amide bonds. The molecule has 0 fully saturated rings. The van der Waals surface area contributed by atoms with Crippen LogP contribution in [0.3, 0.4) is 0 Å². The molecule has 2 aromatic rings. The Morgan fingerprint density at radius 2 is 1.94 bits per heavy atom. The van der Waals surface area contributed by atoms with Crippen molar-refractivity contribution in [2.45, 2.75) is 19.3 Å². The van der Waals surface area contributed by atoms with E-state index in [4.69, 9.17) is 0 Å². The summed E-state index contributed by atoms with van der Waals surface area (Å²) in [5.41, 5.74) is 2.44. The van der Waals surface area contributed by atoms with Crippen LogP contribution >= 0.6 is 0 Å². The molecule has 4 heteroatoms. The molecule has 0 aliphatic heterocycles. The number of fused-ring (bicyclic) bond motifs is 1. The maximum absolute atomic E-state index is 12.8. The van der Waals surface area contributed by atoms with Gasteiger partial charge in [0.1, 0.15) is 5.82 Å². The second-order valence-electron chi connectivity index (χ2n) is 4.17. The minimum atomic E-state index is -0.272. The van der Waals surface area contributed by atoms with E-state index in [0.717, 1.165) is 24.2 Å². The van der Waals surface area contributed by atoms with Gasteiger partial charge in [-0.1, -0.05) is 0 Å². The summed E-state index contributed by atoms with van der Waals surface area (Å²) in [4.78, 5) is 11.7. The summed E-state index contributed by atoms with van der Waals surface area (Å²) in [6.45, 7) is 0. The largest absolute Gasteiger partial charge is 0.294 e. The molecule has 0 N–H and O–H groups in total. The standard InChI is InChI=1S/C13H11FN2O/c14-9-4-6-10(7-5-9)16-12-2-1-3-13(17)11(12)8-15-16/h4-8H,1-3H2. The Labute approximate surface area is 97.9 Å². The van der Waals surface area contributed by atoms with Gasteiger partial charge in [0, 0.05) is 6.42 Å². The van der Waals surface area contributed by atoms with E-state index < -0.39 is 0 Å². The van der Waals surface area contributed by atoms with Crippen molar-refractivity contribution in [2.75, 3.05) is 0 Å². The third kappa shape index (κ3) is 1.65. The number of hydrogen-bond donors (Lipinski definition) is 0. The molecular formula is C13H11FN2O. The monoisotopic (exact) mass is 230 g/mol. The summed E-state index contributed by atoms with van der Waals surface area (Å²) < 4.78 is 14.6. The lowest BCUT2D eigenvalue weighted by atomic mass is 9.97. The molecule has 1 aromatic heterocycles. The number of Topliss-reactive ketones (excluding diaryl/α,β-unsaturated/α-hetero) is 1. The Bertz CT molecular complexity index is 572. The maximum Gasteiger partial charge on any atom is 0.166 e. The maximum atomic E-state index is 12.8. The van der Waals surface area contributed by atoms with E-state index in [0.29, 0.717) is 12.0 Å². The van der Waals surface area contributed by atoms with Crippen molar-refractivity contribution in [3.63, 3.8) is 0 Å². The van der Waals surface area contributed by atoms with Crippen LogP contribution in [-0.4, -0.2) is 15.6 Å². The molecular weight excluding hydrogens is 219 g/mol. The molecule has 1 aliphatic rings. The van der Waals surface area contributed by atoms with E-state index in [2.05, 4.69) is 5.10 Å². The molecule has 1 heterocycles. The smallest absolute Gasteiger partial charge is 0.166 e. The Morgan fingerprint density at radius 3 is 2.71 bits per heavy atom. The summed E-state index contributed by atoms with van der Waals surface area (Å²) in [5, 5.41) is 4.22. The van der Waals surface area contributed by atoms with Crippen LogP contribution in [-0.2, 0) is 6.42 Å². The average molecular weight is 230 g/mol. The fourth-order valence-corrected chi connectivity index (χ4v) is 2.20. The summed E-state index contributed by atoms with van der Waals surface area (Å²) in [6.07, 6.45) is 3.92. The fourth-order valence-electron chi connectivity index (χ4n) is 2.20. The number of carbonyl (C=O) groups is 1. The lowest BCUT2D eigenvalue weighted by molar-refractivity contribution is 0.0972. The lowest BCUT2D eigenvalue weighted by Gasteiger charge is -2.13. The van der Waals surface area contributed by atoms with E-state index >= 15 is 0 Å². The quantitative estimate of drug-likeness (QED) is 0.754. The molecule has 3 nitrogen and oxygen atoms in total. The summed E-state index contributed by atoms with van der Waals surface area (Å²) in [7, 11) is 0. The third-order valence-corrected chi connectivity index (χ3v) is 3.06. The zero-order valence-corrected chi connectivity index (χ0v) is 9.19. The number of nitrogens with zero attached hydrogens (tertiary/aromatic N) is 2. The van der Waals surface area contributed by atoms with Crippen LogP contribution in [0.15, 0.2) is 30.5 Å². The Kier molecular flexibility index (Phi) is 2.28. The Morgan fingerprint density at radius 1 is 1.18 bits per heavy atom. The number of rotatable bonds is 1. The second kappa shape index (κ2) is 3.80. The molecule has 1 aromatic carbocycles. The van der Waals surface area contributed by atoms with E-state index in [1.807, 2.05) is 0 Å². The highest BCUT2D eigenvalue weighted by atomic mass is 19.1. The number of benzene rings is 1. The molecule has 3 rings (SSSR count). The molecule has 0 spiro atoms. The van der Waals surface area contributed by atoms with Gasteiger partial charge in [0.05, 0.1) is 23.1 Å². The lowest BCUT2D eigenvalue weighted by Crippen LogP contribution is -2.12. The van der Waals surface area contributed by atoms with Gasteiger partial charge in [0.25, 0.3) is 0 Å². The molecule has 0 saturated carbocycles. The topological polar surface area (TPSA) is 34.9 Å². The first kappa shape index (κ1) is 10.2. The van der Waals surface area contributed by atoms with Gasteiger partial charge in [-0.2, -0.15) is 5.10 Å². The van der Waals surface area contributed by atoms with Gasteiger partial charge in [-0.15, -0.1) is 0 Å². The van der Waals surface area contributed by atoms with Gasteiger partial charge in [-0.05, 0) is 37.1 Å². The number of carbonyl (C=O) groups excluding carboxylic acids is 1. The van der Waals surface area contributed by atoms with Crippen LogP contribution in [0.1, 0.15) is 28.9 Å². The van der Waals surface area contributed by atoms with Crippen molar-refractivity contribution in [3.8, 4) is 5.69 Å². The van der Waals surface area contributed by atoms with E-state index in [1.165, 1.54) is 12.1 Å². The van der Waals surface area contributed by atoms with E-state index in [9.17, 15) is 9.18 Å². The SMILES string of the molecule is O=C1CCCc2c1cnn2-c1ccc(F)cc1. The van der Waals surface area contributed by atoms with Crippen LogP contribution in [0.25, 0.3) is 5.69 Å². The van der Waals surface area contributed by atoms with Crippen molar-refractivity contribution in [1.29, 1.82) is 0 Å². The number of ketones is 1. The first-order chi connectivity index (χ1) is 8.25. The Hall–Kier alpha value is -1.97. The van der Waals surface area contributed by atoms with Crippen LogP contribution in [0.5, 0.6) is 0 Å². The highest BCUT2D eigenvalue weighted by molar-refractivity contribution is 5.97. The van der Waals surface area contributed by atoms with E-state index in [1.54, 1.807) is 23.0 Å².